The molecule has 0 N–H and O–H groups in total. The van der Waals surface area contributed by atoms with E-state index in [1.54, 1.807) is 24.8 Å². The predicted molar refractivity (Wildman–Crippen MR) is 79.7 cm³/mol. The van der Waals surface area contributed by atoms with Gasteiger partial charge in [0.2, 0.25) is 8.32 Å². The summed E-state index contributed by atoms with van der Waals surface area (Å²) < 4.78 is 6.01. The minimum atomic E-state index is -1.64. The SMILES string of the molecule is C[Si](C)(C)Oc1ccccc1N=Cc1cnccn1. The van der Waals surface area contributed by atoms with Gasteiger partial charge in [0.25, 0.3) is 0 Å². The molecule has 0 aliphatic heterocycles. The summed E-state index contributed by atoms with van der Waals surface area (Å²) in [6, 6.07) is 7.78. The highest BCUT2D eigenvalue weighted by Gasteiger charge is 2.17. The summed E-state index contributed by atoms with van der Waals surface area (Å²) in [5.41, 5.74) is 1.54. The van der Waals surface area contributed by atoms with Crippen LogP contribution < -0.4 is 4.43 Å². The van der Waals surface area contributed by atoms with Gasteiger partial charge in [-0.05, 0) is 31.8 Å². The highest BCUT2D eigenvalue weighted by atomic mass is 28.4. The number of nitrogens with zero attached hydrogens (tertiary/aromatic N) is 3. The largest absolute Gasteiger partial charge is 0.543 e. The van der Waals surface area contributed by atoms with Gasteiger partial charge >= 0.3 is 0 Å². The summed E-state index contributed by atoms with van der Waals surface area (Å²) in [5.74, 6) is 0.821. The van der Waals surface area contributed by atoms with Crippen molar-refractivity contribution in [2.45, 2.75) is 19.6 Å². The first kappa shape index (κ1) is 13.4. The maximum atomic E-state index is 6.01. The summed E-state index contributed by atoms with van der Waals surface area (Å²) in [4.78, 5) is 12.6. The molecule has 2 rings (SSSR count). The van der Waals surface area contributed by atoms with Crippen LogP contribution in [0.4, 0.5) is 5.69 Å². The molecule has 0 saturated carbocycles. The molecule has 0 bridgehead atoms. The first-order valence-corrected chi connectivity index (χ1v) is 9.53. The Morgan fingerprint density at radius 3 is 2.63 bits per heavy atom. The standard InChI is InChI=1S/C14H17N3OSi/c1-19(2,3)18-14-7-5-4-6-13(14)17-11-12-10-15-8-9-16-12/h4-11H,1-3H3. The third-order valence-corrected chi connectivity index (χ3v) is 3.03. The first-order valence-electron chi connectivity index (χ1n) is 6.13. The number of para-hydroxylation sites is 2. The molecule has 0 fully saturated rings. The zero-order chi connectivity index (χ0) is 13.7. The lowest BCUT2D eigenvalue weighted by molar-refractivity contribution is 0.559. The van der Waals surface area contributed by atoms with Crippen LogP contribution in [-0.4, -0.2) is 24.5 Å². The second-order valence-electron chi connectivity index (χ2n) is 5.07. The van der Waals surface area contributed by atoms with E-state index in [4.69, 9.17) is 4.43 Å². The summed E-state index contributed by atoms with van der Waals surface area (Å²) >= 11 is 0. The van der Waals surface area contributed by atoms with Gasteiger partial charge in [-0.2, -0.15) is 0 Å². The molecule has 0 saturated heterocycles. The number of aromatic nitrogens is 2. The van der Waals surface area contributed by atoms with E-state index in [-0.39, 0.29) is 0 Å². The lowest BCUT2D eigenvalue weighted by atomic mass is 10.3. The van der Waals surface area contributed by atoms with Crippen molar-refractivity contribution in [2.24, 2.45) is 4.99 Å². The smallest absolute Gasteiger partial charge is 0.242 e. The van der Waals surface area contributed by atoms with Gasteiger partial charge in [0.15, 0.2) is 0 Å². The Morgan fingerprint density at radius 2 is 1.95 bits per heavy atom. The van der Waals surface area contributed by atoms with Crippen LogP contribution in [0.1, 0.15) is 5.69 Å². The van der Waals surface area contributed by atoms with E-state index >= 15 is 0 Å². The highest BCUT2D eigenvalue weighted by Crippen LogP contribution is 2.28. The van der Waals surface area contributed by atoms with Crippen LogP contribution in [0.3, 0.4) is 0 Å². The molecule has 2 aromatic rings. The normalized spacial score (nSPS) is 11.7. The maximum Gasteiger partial charge on any atom is 0.242 e. The van der Waals surface area contributed by atoms with Gasteiger partial charge in [-0.15, -0.1) is 0 Å². The van der Waals surface area contributed by atoms with Crippen LogP contribution in [0.15, 0.2) is 47.8 Å². The third kappa shape index (κ3) is 4.29. The van der Waals surface area contributed by atoms with Crippen molar-refractivity contribution in [1.29, 1.82) is 0 Å². The van der Waals surface area contributed by atoms with Gasteiger partial charge in [0.1, 0.15) is 11.4 Å². The maximum absolute atomic E-state index is 6.01. The number of hydrogen-bond acceptors (Lipinski definition) is 4. The van der Waals surface area contributed by atoms with Crippen LogP contribution in [0.5, 0.6) is 5.75 Å². The zero-order valence-corrected chi connectivity index (χ0v) is 12.4. The molecule has 0 aliphatic carbocycles. The molecule has 4 nitrogen and oxygen atoms in total. The fraction of sp³-hybridized carbons (Fsp3) is 0.214. The summed E-state index contributed by atoms with van der Waals surface area (Å²) in [5, 5.41) is 0. The fourth-order valence-corrected chi connectivity index (χ4v) is 2.33. The van der Waals surface area contributed by atoms with Gasteiger partial charge in [0.05, 0.1) is 18.1 Å². The Hall–Kier alpha value is -2.01. The van der Waals surface area contributed by atoms with E-state index in [0.29, 0.717) is 0 Å². The van der Waals surface area contributed by atoms with Gasteiger partial charge in [-0.3, -0.25) is 15.0 Å². The van der Waals surface area contributed by atoms with Gasteiger partial charge < -0.3 is 4.43 Å². The second-order valence-corrected chi connectivity index (χ2v) is 9.50. The van der Waals surface area contributed by atoms with Crippen LogP contribution in [-0.2, 0) is 0 Å². The van der Waals surface area contributed by atoms with Crippen LogP contribution in [0.2, 0.25) is 19.6 Å². The number of benzene rings is 1. The van der Waals surface area contributed by atoms with E-state index in [1.165, 1.54) is 0 Å². The average Bonchev–Trinajstić information content (AvgIpc) is 2.37. The Balaban J connectivity index is 2.23. The fourth-order valence-electron chi connectivity index (χ4n) is 1.49. The summed E-state index contributed by atoms with van der Waals surface area (Å²) in [6.07, 6.45) is 6.65. The topological polar surface area (TPSA) is 47.4 Å². The Bertz CT molecular complexity index is 564. The molecular formula is C14H17N3OSi. The van der Waals surface area contributed by atoms with Crippen molar-refractivity contribution >= 4 is 20.2 Å². The van der Waals surface area contributed by atoms with E-state index in [2.05, 4.69) is 34.6 Å². The third-order valence-electron chi connectivity index (χ3n) is 2.20. The molecule has 19 heavy (non-hydrogen) atoms. The van der Waals surface area contributed by atoms with Crippen LogP contribution in [0, 0.1) is 0 Å². The lowest BCUT2D eigenvalue weighted by Gasteiger charge is -2.20. The molecule has 0 atom stereocenters. The summed E-state index contributed by atoms with van der Waals surface area (Å²) in [6.45, 7) is 6.45. The molecule has 1 aromatic carbocycles. The minimum Gasteiger partial charge on any atom is -0.543 e. The molecule has 5 heteroatoms. The first-order chi connectivity index (χ1) is 9.04. The predicted octanol–water partition coefficient (Wildman–Crippen LogP) is 3.44. The van der Waals surface area contributed by atoms with Crippen LogP contribution in [0.25, 0.3) is 0 Å². The van der Waals surface area contributed by atoms with E-state index < -0.39 is 8.32 Å². The lowest BCUT2D eigenvalue weighted by Crippen LogP contribution is -2.29. The molecule has 0 spiro atoms. The van der Waals surface area contributed by atoms with Gasteiger partial charge in [-0.25, -0.2) is 0 Å². The number of hydrogen-bond donors (Lipinski definition) is 0. The molecule has 0 amide bonds. The van der Waals surface area contributed by atoms with E-state index in [1.807, 2.05) is 24.3 Å². The quantitative estimate of drug-likeness (QED) is 0.632. The van der Waals surface area contributed by atoms with Gasteiger partial charge in [-0.1, -0.05) is 12.1 Å². The molecular weight excluding hydrogens is 254 g/mol. The molecule has 0 unspecified atom stereocenters. The Morgan fingerprint density at radius 1 is 1.16 bits per heavy atom. The monoisotopic (exact) mass is 271 g/mol. The van der Waals surface area contributed by atoms with Gasteiger partial charge in [0, 0.05) is 12.4 Å². The number of rotatable bonds is 4. The average molecular weight is 271 g/mol. The van der Waals surface area contributed by atoms with Crippen LogP contribution >= 0.6 is 0 Å². The Kier molecular flexibility index (Phi) is 4.06. The molecule has 1 heterocycles. The van der Waals surface area contributed by atoms with Crippen molar-refractivity contribution in [1.82, 2.24) is 9.97 Å². The zero-order valence-electron chi connectivity index (χ0n) is 11.4. The molecule has 98 valence electrons. The van der Waals surface area contributed by atoms with Crippen molar-refractivity contribution in [3.8, 4) is 5.75 Å². The Labute approximate surface area is 114 Å². The summed E-state index contributed by atoms with van der Waals surface area (Å²) in [7, 11) is -1.64. The molecule has 0 aliphatic rings. The van der Waals surface area contributed by atoms with Crippen molar-refractivity contribution in [3.05, 3.63) is 48.5 Å². The number of aliphatic imine (C=N–C) groups is 1. The highest BCUT2D eigenvalue weighted by molar-refractivity contribution is 6.70. The van der Waals surface area contributed by atoms with E-state index in [0.717, 1.165) is 17.1 Å². The molecule has 1 aromatic heterocycles. The second kappa shape index (κ2) is 5.75. The van der Waals surface area contributed by atoms with Crippen molar-refractivity contribution in [2.75, 3.05) is 0 Å². The van der Waals surface area contributed by atoms with E-state index in [9.17, 15) is 0 Å². The molecule has 0 radical (unpaired) electrons. The minimum absolute atomic E-state index is 0.727. The van der Waals surface area contributed by atoms with Crippen molar-refractivity contribution in [3.63, 3.8) is 0 Å². The van der Waals surface area contributed by atoms with Crippen molar-refractivity contribution < 1.29 is 4.43 Å².